The van der Waals surface area contributed by atoms with Crippen LogP contribution in [0.3, 0.4) is 0 Å². The van der Waals surface area contributed by atoms with E-state index in [4.69, 9.17) is 9.47 Å². The van der Waals surface area contributed by atoms with Gasteiger partial charge in [0.05, 0.1) is 4.90 Å². The summed E-state index contributed by atoms with van der Waals surface area (Å²) in [5.74, 6) is 0.904. The maximum Gasteiger partial charge on any atom is 0.262 e. The van der Waals surface area contributed by atoms with Crippen LogP contribution in [0.25, 0.3) is 0 Å². The van der Waals surface area contributed by atoms with E-state index < -0.39 is 10.0 Å². The summed E-state index contributed by atoms with van der Waals surface area (Å²) in [5, 5.41) is 0. The Morgan fingerprint density at radius 3 is 2.30 bits per heavy atom. The standard InChI is InChI=1S/C24H31N3O5S/c1-24(2,3)27-12-4-11-26(13-14-27)23(28)18-5-7-19(8-6-18)25-33(29,30)20-9-10-21-22(17-20)32-16-15-31-21/h5-10,17,25H,4,11-16H2,1-3H3. The minimum Gasteiger partial charge on any atom is -0.486 e. The van der Waals surface area contributed by atoms with Gasteiger partial charge >= 0.3 is 0 Å². The molecule has 0 aliphatic carbocycles. The van der Waals surface area contributed by atoms with Gasteiger partial charge < -0.3 is 14.4 Å². The lowest BCUT2D eigenvalue weighted by molar-refractivity contribution is 0.0749. The van der Waals surface area contributed by atoms with Crippen LogP contribution in [0.15, 0.2) is 47.4 Å². The number of nitrogens with zero attached hydrogens (tertiary/aromatic N) is 2. The normalized spacial score (nSPS) is 17.4. The first-order valence-corrected chi connectivity index (χ1v) is 12.7. The van der Waals surface area contributed by atoms with E-state index in [0.717, 1.165) is 19.5 Å². The van der Waals surface area contributed by atoms with Crippen LogP contribution < -0.4 is 14.2 Å². The van der Waals surface area contributed by atoms with Crippen molar-refractivity contribution in [2.75, 3.05) is 44.1 Å². The first kappa shape index (κ1) is 23.4. The number of carbonyl (C=O) groups excluding carboxylic acids is 1. The Labute approximate surface area is 195 Å². The van der Waals surface area contributed by atoms with Crippen molar-refractivity contribution in [3.8, 4) is 11.5 Å². The molecule has 0 spiro atoms. The molecule has 0 aromatic heterocycles. The minimum absolute atomic E-state index is 0.0352. The SMILES string of the molecule is CC(C)(C)N1CCCN(C(=O)c2ccc(NS(=O)(=O)c3ccc4c(c3)OCCO4)cc2)CC1. The topological polar surface area (TPSA) is 88.2 Å². The first-order valence-electron chi connectivity index (χ1n) is 11.2. The molecule has 2 aromatic rings. The van der Waals surface area contributed by atoms with Gasteiger partial charge in [-0.05, 0) is 63.6 Å². The van der Waals surface area contributed by atoms with Crippen molar-refractivity contribution in [1.29, 1.82) is 0 Å². The number of amides is 1. The van der Waals surface area contributed by atoms with Crippen LogP contribution in [0.4, 0.5) is 5.69 Å². The van der Waals surface area contributed by atoms with Gasteiger partial charge in [0.25, 0.3) is 15.9 Å². The third-order valence-corrected chi connectivity index (χ3v) is 7.32. The highest BCUT2D eigenvalue weighted by Gasteiger charge is 2.26. The number of hydrogen-bond acceptors (Lipinski definition) is 6. The Kier molecular flexibility index (Phi) is 6.54. The van der Waals surface area contributed by atoms with Crippen LogP contribution >= 0.6 is 0 Å². The van der Waals surface area contributed by atoms with Crippen molar-refractivity contribution >= 4 is 21.6 Å². The Hall–Kier alpha value is -2.78. The molecule has 1 fully saturated rings. The molecule has 0 radical (unpaired) electrons. The third-order valence-electron chi connectivity index (χ3n) is 5.94. The summed E-state index contributed by atoms with van der Waals surface area (Å²) in [6, 6.07) is 11.1. The monoisotopic (exact) mass is 473 g/mol. The highest BCUT2D eigenvalue weighted by molar-refractivity contribution is 7.92. The molecule has 0 saturated carbocycles. The van der Waals surface area contributed by atoms with E-state index in [9.17, 15) is 13.2 Å². The zero-order valence-electron chi connectivity index (χ0n) is 19.3. The van der Waals surface area contributed by atoms with E-state index in [2.05, 4.69) is 30.4 Å². The molecule has 2 aliphatic rings. The molecule has 9 heteroatoms. The molecule has 1 saturated heterocycles. The number of benzene rings is 2. The minimum atomic E-state index is -3.81. The maximum absolute atomic E-state index is 13.0. The summed E-state index contributed by atoms with van der Waals surface area (Å²) in [4.78, 5) is 17.4. The molecule has 33 heavy (non-hydrogen) atoms. The lowest BCUT2D eigenvalue weighted by Crippen LogP contribution is -2.44. The van der Waals surface area contributed by atoms with Gasteiger partial charge in [0.2, 0.25) is 0 Å². The van der Waals surface area contributed by atoms with Gasteiger partial charge in [0, 0.05) is 49.0 Å². The van der Waals surface area contributed by atoms with Crippen LogP contribution in [0, 0.1) is 0 Å². The highest BCUT2D eigenvalue weighted by atomic mass is 32.2. The van der Waals surface area contributed by atoms with Crippen LogP contribution in [-0.2, 0) is 10.0 Å². The largest absolute Gasteiger partial charge is 0.486 e. The van der Waals surface area contributed by atoms with E-state index in [1.54, 1.807) is 30.3 Å². The number of ether oxygens (including phenoxy) is 2. The van der Waals surface area contributed by atoms with Gasteiger partial charge in [-0.2, -0.15) is 0 Å². The van der Waals surface area contributed by atoms with E-state index in [0.29, 0.717) is 49.1 Å². The number of hydrogen-bond donors (Lipinski definition) is 1. The third kappa shape index (κ3) is 5.42. The summed E-state index contributed by atoms with van der Waals surface area (Å²) in [6.45, 7) is 10.6. The molecule has 0 unspecified atom stereocenters. The van der Waals surface area contributed by atoms with E-state index in [1.165, 1.54) is 12.1 Å². The molecule has 1 amide bonds. The lowest BCUT2D eigenvalue weighted by Gasteiger charge is -2.34. The number of sulfonamides is 1. The molecule has 1 N–H and O–H groups in total. The molecular weight excluding hydrogens is 442 g/mol. The van der Waals surface area contributed by atoms with Crippen LogP contribution in [0.1, 0.15) is 37.6 Å². The fourth-order valence-electron chi connectivity index (χ4n) is 4.06. The molecule has 0 bridgehead atoms. The molecule has 2 heterocycles. The Bertz CT molecular complexity index is 1110. The predicted octanol–water partition coefficient (Wildman–Crippen LogP) is 3.21. The van der Waals surface area contributed by atoms with Crippen molar-refractivity contribution in [3.05, 3.63) is 48.0 Å². The number of anilines is 1. The Morgan fingerprint density at radius 1 is 0.909 bits per heavy atom. The van der Waals surface area contributed by atoms with Crippen LogP contribution in [0.5, 0.6) is 11.5 Å². The molecule has 178 valence electrons. The second-order valence-corrected chi connectivity index (χ2v) is 11.0. The summed E-state index contributed by atoms with van der Waals surface area (Å²) >= 11 is 0. The van der Waals surface area contributed by atoms with Crippen LogP contribution in [-0.4, -0.2) is 69.1 Å². The van der Waals surface area contributed by atoms with E-state index >= 15 is 0 Å². The zero-order chi connectivity index (χ0) is 23.6. The van der Waals surface area contributed by atoms with Gasteiger partial charge in [-0.1, -0.05) is 0 Å². The number of carbonyl (C=O) groups is 1. The quantitative estimate of drug-likeness (QED) is 0.734. The average molecular weight is 474 g/mol. The second-order valence-electron chi connectivity index (χ2n) is 9.29. The van der Waals surface area contributed by atoms with Gasteiger partial charge in [0.1, 0.15) is 13.2 Å². The Balaban J connectivity index is 1.42. The molecule has 8 nitrogen and oxygen atoms in total. The van der Waals surface area contributed by atoms with Gasteiger partial charge in [-0.15, -0.1) is 0 Å². The van der Waals surface area contributed by atoms with Gasteiger partial charge in [-0.3, -0.25) is 14.4 Å². The Morgan fingerprint density at radius 2 is 1.61 bits per heavy atom. The first-order chi connectivity index (χ1) is 15.6. The molecule has 2 aliphatic heterocycles. The fourth-order valence-corrected chi connectivity index (χ4v) is 5.13. The number of nitrogens with one attached hydrogen (secondary N) is 1. The lowest BCUT2D eigenvalue weighted by atomic mass is 10.1. The summed E-state index contributed by atoms with van der Waals surface area (Å²) < 4.78 is 39.1. The summed E-state index contributed by atoms with van der Waals surface area (Å²) in [5.41, 5.74) is 1.01. The van der Waals surface area contributed by atoms with Crippen molar-refractivity contribution in [2.45, 2.75) is 37.6 Å². The average Bonchev–Trinajstić information content (AvgIpc) is 3.05. The molecule has 4 rings (SSSR count). The summed E-state index contributed by atoms with van der Waals surface area (Å²) in [6.07, 6.45) is 0.927. The van der Waals surface area contributed by atoms with Gasteiger partial charge in [0.15, 0.2) is 11.5 Å². The summed E-state index contributed by atoms with van der Waals surface area (Å²) in [7, 11) is -3.81. The molecule has 2 aromatic carbocycles. The van der Waals surface area contributed by atoms with Crippen LogP contribution in [0.2, 0.25) is 0 Å². The predicted molar refractivity (Wildman–Crippen MR) is 127 cm³/mol. The zero-order valence-corrected chi connectivity index (χ0v) is 20.2. The van der Waals surface area contributed by atoms with E-state index in [1.807, 2.05) is 4.90 Å². The second kappa shape index (κ2) is 9.23. The molecular formula is C24H31N3O5S. The number of rotatable bonds is 4. The maximum atomic E-state index is 13.0. The fraction of sp³-hybridized carbons (Fsp3) is 0.458. The molecule has 0 atom stereocenters. The van der Waals surface area contributed by atoms with Crippen molar-refractivity contribution in [2.24, 2.45) is 0 Å². The highest BCUT2D eigenvalue weighted by Crippen LogP contribution is 2.32. The van der Waals surface area contributed by atoms with E-state index in [-0.39, 0.29) is 16.3 Å². The smallest absolute Gasteiger partial charge is 0.262 e. The van der Waals surface area contributed by atoms with Crippen molar-refractivity contribution < 1.29 is 22.7 Å². The van der Waals surface area contributed by atoms with Crippen molar-refractivity contribution in [3.63, 3.8) is 0 Å². The number of fused-ring (bicyclic) bond motifs is 1. The van der Waals surface area contributed by atoms with Gasteiger partial charge in [-0.25, -0.2) is 8.42 Å². The van der Waals surface area contributed by atoms with Crippen molar-refractivity contribution in [1.82, 2.24) is 9.80 Å².